The maximum absolute atomic E-state index is 12.0. The fraction of sp³-hybridized carbons (Fsp3) is 0.467. The van der Waals surface area contributed by atoms with Crippen molar-refractivity contribution in [3.8, 4) is 0 Å². The summed E-state index contributed by atoms with van der Waals surface area (Å²) in [5.74, 6) is 1.80. The standard InChI is InChI=1S/C15H20ClN5OS/c1-9(2)14-19-20-15(21(14)10(3)4)23-8-13(22)18-12-6-5-11(16)7-17-12/h5-7,9-10H,8H2,1-4H3,(H,17,18,22). The molecular weight excluding hydrogens is 334 g/mol. The van der Waals surface area contributed by atoms with E-state index in [9.17, 15) is 4.79 Å². The van der Waals surface area contributed by atoms with Crippen molar-refractivity contribution in [3.63, 3.8) is 0 Å². The summed E-state index contributed by atoms with van der Waals surface area (Å²) in [5.41, 5.74) is 0. The number of hydrogen-bond acceptors (Lipinski definition) is 5. The Morgan fingerprint density at radius 3 is 2.61 bits per heavy atom. The highest BCUT2D eigenvalue weighted by Gasteiger charge is 2.18. The van der Waals surface area contributed by atoms with Gasteiger partial charge in [-0.25, -0.2) is 4.98 Å². The molecule has 1 N–H and O–H groups in total. The van der Waals surface area contributed by atoms with E-state index in [1.807, 2.05) is 0 Å². The van der Waals surface area contributed by atoms with Gasteiger partial charge in [0.2, 0.25) is 5.91 Å². The summed E-state index contributed by atoms with van der Waals surface area (Å²) < 4.78 is 2.07. The fourth-order valence-electron chi connectivity index (χ4n) is 2.02. The van der Waals surface area contributed by atoms with E-state index < -0.39 is 0 Å². The van der Waals surface area contributed by atoms with E-state index in [0.717, 1.165) is 11.0 Å². The molecule has 2 aromatic heterocycles. The van der Waals surface area contributed by atoms with Gasteiger partial charge in [-0.1, -0.05) is 37.2 Å². The minimum absolute atomic E-state index is 0.144. The average molecular weight is 354 g/mol. The highest BCUT2D eigenvalue weighted by atomic mass is 35.5. The molecule has 8 heteroatoms. The van der Waals surface area contributed by atoms with E-state index in [0.29, 0.717) is 10.8 Å². The molecule has 0 fully saturated rings. The molecule has 1 amide bonds. The van der Waals surface area contributed by atoms with E-state index in [-0.39, 0.29) is 23.6 Å². The van der Waals surface area contributed by atoms with Crippen molar-refractivity contribution in [1.29, 1.82) is 0 Å². The van der Waals surface area contributed by atoms with Crippen LogP contribution in [0.3, 0.4) is 0 Å². The fourth-order valence-corrected chi connectivity index (χ4v) is 3.01. The van der Waals surface area contributed by atoms with Crippen LogP contribution in [0.4, 0.5) is 5.82 Å². The van der Waals surface area contributed by atoms with E-state index in [4.69, 9.17) is 11.6 Å². The second kappa shape index (κ2) is 7.79. The molecule has 2 aromatic rings. The number of carbonyl (C=O) groups excluding carboxylic acids is 1. The molecule has 0 aliphatic heterocycles. The Balaban J connectivity index is 2.00. The second-order valence-electron chi connectivity index (χ2n) is 5.66. The smallest absolute Gasteiger partial charge is 0.236 e. The second-order valence-corrected chi connectivity index (χ2v) is 7.04. The number of rotatable bonds is 6. The largest absolute Gasteiger partial charge is 0.310 e. The van der Waals surface area contributed by atoms with Crippen molar-refractivity contribution in [2.45, 2.75) is 44.8 Å². The van der Waals surface area contributed by atoms with E-state index in [2.05, 4.69) is 52.8 Å². The minimum atomic E-state index is -0.144. The highest BCUT2D eigenvalue weighted by Crippen LogP contribution is 2.25. The van der Waals surface area contributed by atoms with Crippen LogP contribution in [0, 0.1) is 0 Å². The first kappa shape index (κ1) is 17.7. The van der Waals surface area contributed by atoms with Crippen molar-refractivity contribution >= 4 is 35.1 Å². The Morgan fingerprint density at radius 2 is 2.04 bits per heavy atom. The Labute approximate surface area is 145 Å². The molecule has 2 heterocycles. The van der Waals surface area contributed by atoms with Gasteiger partial charge >= 0.3 is 0 Å². The van der Waals surface area contributed by atoms with Crippen molar-refractivity contribution in [3.05, 3.63) is 29.2 Å². The summed E-state index contributed by atoms with van der Waals surface area (Å²) in [4.78, 5) is 16.1. The quantitative estimate of drug-likeness (QED) is 0.800. The van der Waals surface area contributed by atoms with Crippen LogP contribution in [0.5, 0.6) is 0 Å². The number of anilines is 1. The van der Waals surface area contributed by atoms with Gasteiger partial charge in [0, 0.05) is 18.2 Å². The molecule has 2 rings (SSSR count). The third-order valence-corrected chi connectivity index (χ3v) is 4.22. The van der Waals surface area contributed by atoms with E-state index >= 15 is 0 Å². The highest BCUT2D eigenvalue weighted by molar-refractivity contribution is 7.99. The summed E-state index contributed by atoms with van der Waals surface area (Å²) in [6.07, 6.45) is 1.49. The molecule has 0 radical (unpaired) electrons. The number of halogens is 1. The van der Waals surface area contributed by atoms with Crippen molar-refractivity contribution in [2.24, 2.45) is 0 Å². The zero-order valence-electron chi connectivity index (χ0n) is 13.6. The predicted octanol–water partition coefficient (Wildman–Crippen LogP) is 3.76. The summed E-state index contributed by atoms with van der Waals surface area (Å²) in [5, 5.41) is 12.5. The first-order valence-corrected chi connectivity index (χ1v) is 8.73. The van der Waals surface area contributed by atoms with Gasteiger partial charge in [-0.15, -0.1) is 10.2 Å². The first-order chi connectivity index (χ1) is 10.9. The lowest BCUT2D eigenvalue weighted by Gasteiger charge is -2.15. The molecule has 0 saturated carbocycles. The number of amides is 1. The predicted molar refractivity (Wildman–Crippen MR) is 93.1 cm³/mol. The van der Waals surface area contributed by atoms with Crippen LogP contribution in [0.2, 0.25) is 5.02 Å². The van der Waals surface area contributed by atoms with Crippen LogP contribution in [-0.4, -0.2) is 31.4 Å². The Morgan fingerprint density at radius 1 is 1.30 bits per heavy atom. The van der Waals surface area contributed by atoms with Crippen LogP contribution >= 0.6 is 23.4 Å². The number of nitrogens with zero attached hydrogens (tertiary/aromatic N) is 4. The normalized spacial score (nSPS) is 11.3. The maximum Gasteiger partial charge on any atom is 0.236 e. The van der Waals surface area contributed by atoms with Crippen LogP contribution < -0.4 is 5.32 Å². The molecule has 0 aromatic carbocycles. The van der Waals surface area contributed by atoms with Gasteiger partial charge in [-0.3, -0.25) is 4.79 Å². The van der Waals surface area contributed by atoms with E-state index in [1.54, 1.807) is 12.1 Å². The van der Waals surface area contributed by atoms with Gasteiger partial charge in [0.1, 0.15) is 11.6 Å². The zero-order valence-corrected chi connectivity index (χ0v) is 15.1. The monoisotopic (exact) mass is 353 g/mol. The molecule has 124 valence electrons. The van der Waals surface area contributed by atoms with Crippen molar-refractivity contribution in [1.82, 2.24) is 19.7 Å². The Bertz CT molecular complexity index is 669. The number of nitrogens with one attached hydrogen (secondary N) is 1. The summed E-state index contributed by atoms with van der Waals surface area (Å²) in [6, 6.07) is 3.59. The Kier molecular flexibility index (Phi) is 6.01. The lowest BCUT2D eigenvalue weighted by atomic mass is 10.2. The molecule has 0 aliphatic carbocycles. The van der Waals surface area contributed by atoms with Crippen LogP contribution in [0.1, 0.15) is 45.5 Å². The third kappa shape index (κ3) is 4.68. The lowest BCUT2D eigenvalue weighted by Crippen LogP contribution is -2.16. The summed E-state index contributed by atoms with van der Waals surface area (Å²) in [6.45, 7) is 8.32. The maximum atomic E-state index is 12.0. The molecule has 0 saturated heterocycles. The topological polar surface area (TPSA) is 72.7 Å². The molecule has 23 heavy (non-hydrogen) atoms. The van der Waals surface area contributed by atoms with Crippen molar-refractivity contribution < 1.29 is 4.79 Å². The van der Waals surface area contributed by atoms with Crippen LogP contribution in [0.15, 0.2) is 23.5 Å². The third-order valence-electron chi connectivity index (χ3n) is 3.05. The van der Waals surface area contributed by atoms with Gasteiger partial charge < -0.3 is 9.88 Å². The zero-order chi connectivity index (χ0) is 17.0. The van der Waals surface area contributed by atoms with Crippen LogP contribution in [-0.2, 0) is 4.79 Å². The molecule has 0 unspecified atom stereocenters. The SMILES string of the molecule is CC(C)c1nnc(SCC(=O)Nc2ccc(Cl)cn2)n1C(C)C. The minimum Gasteiger partial charge on any atom is -0.310 e. The first-order valence-electron chi connectivity index (χ1n) is 7.37. The molecule has 0 bridgehead atoms. The molecule has 6 nitrogen and oxygen atoms in total. The molecular formula is C15H20ClN5OS. The summed E-state index contributed by atoms with van der Waals surface area (Å²) in [7, 11) is 0. The van der Waals surface area contributed by atoms with Crippen LogP contribution in [0.25, 0.3) is 0 Å². The number of aromatic nitrogens is 4. The summed E-state index contributed by atoms with van der Waals surface area (Å²) >= 11 is 7.13. The van der Waals surface area contributed by atoms with Crippen molar-refractivity contribution in [2.75, 3.05) is 11.1 Å². The van der Waals surface area contributed by atoms with Gasteiger partial charge in [0.05, 0.1) is 10.8 Å². The van der Waals surface area contributed by atoms with Gasteiger partial charge in [0.15, 0.2) is 5.16 Å². The van der Waals surface area contributed by atoms with Gasteiger partial charge in [-0.2, -0.15) is 0 Å². The number of hydrogen-bond donors (Lipinski definition) is 1. The van der Waals surface area contributed by atoms with Gasteiger partial charge in [-0.05, 0) is 26.0 Å². The average Bonchev–Trinajstić information content (AvgIpc) is 2.92. The molecule has 0 atom stereocenters. The number of pyridine rings is 1. The van der Waals surface area contributed by atoms with E-state index in [1.165, 1.54) is 18.0 Å². The number of carbonyl (C=O) groups is 1. The lowest BCUT2D eigenvalue weighted by molar-refractivity contribution is -0.113. The number of thioether (sulfide) groups is 1. The molecule has 0 aliphatic rings. The molecule has 0 spiro atoms. The van der Waals surface area contributed by atoms with Gasteiger partial charge in [0.25, 0.3) is 0 Å². The Hall–Kier alpha value is -1.60.